The zero-order chi connectivity index (χ0) is 17.8. The summed E-state index contributed by atoms with van der Waals surface area (Å²) in [5.74, 6) is 0.133. The summed E-state index contributed by atoms with van der Waals surface area (Å²) >= 11 is 0. The third kappa shape index (κ3) is 4.26. The molecule has 3 rings (SSSR count). The van der Waals surface area contributed by atoms with Crippen molar-refractivity contribution in [2.24, 2.45) is 0 Å². The number of phenolic OH excluding ortho intramolecular Hbond substituents is 1. The summed E-state index contributed by atoms with van der Waals surface area (Å²) < 4.78 is 1.91. The minimum atomic E-state index is -0.0479. The van der Waals surface area contributed by atoms with Gasteiger partial charge in [-0.15, -0.1) is 0 Å². The van der Waals surface area contributed by atoms with E-state index in [0.29, 0.717) is 18.5 Å². The van der Waals surface area contributed by atoms with Crippen LogP contribution in [0.5, 0.6) is 5.75 Å². The maximum absolute atomic E-state index is 12.0. The smallest absolute Gasteiger partial charge is 0.224 e. The van der Waals surface area contributed by atoms with Crippen LogP contribution in [0.1, 0.15) is 23.4 Å². The van der Waals surface area contributed by atoms with Crippen molar-refractivity contribution in [3.8, 4) is 11.4 Å². The van der Waals surface area contributed by atoms with Gasteiger partial charge < -0.3 is 10.4 Å². The molecule has 25 heavy (non-hydrogen) atoms. The van der Waals surface area contributed by atoms with Crippen LogP contribution < -0.4 is 5.32 Å². The van der Waals surface area contributed by atoms with E-state index in [2.05, 4.69) is 10.4 Å². The van der Waals surface area contributed by atoms with E-state index >= 15 is 0 Å². The quantitative estimate of drug-likeness (QED) is 0.698. The molecule has 5 heteroatoms. The Labute approximate surface area is 146 Å². The number of aryl methyl sites for hydroxylation is 3. The van der Waals surface area contributed by atoms with Crippen molar-refractivity contribution in [1.82, 2.24) is 9.78 Å². The van der Waals surface area contributed by atoms with Crippen molar-refractivity contribution in [3.05, 3.63) is 71.5 Å². The summed E-state index contributed by atoms with van der Waals surface area (Å²) in [6.07, 6.45) is 1.07. The van der Waals surface area contributed by atoms with Crippen LogP contribution >= 0.6 is 0 Å². The average Bonchev–Trinajstić information content (AvgIpc) is 2.94. The molecule has 0 unspecified atom stereocenters. The Morgan fingerprint density at radius 2 is 1.76 bits per heavy atom. The topological polar surface area (TPSA) is 67.2 Å². The number of anilines is 1. The number of aromatic nitrogens is 2. The fourth-order valence-corrected chi connectivity index (χ4v) is 2.72. The molecule has 1 heterocycles. The summed E-state index contributed by atoms with van der Waals surface area (Å²) in [5, 5.41) is 16.5. The zero-order valence-electron chi connectivity index (χ0n) is 14.4. The predicted molar refractivity (Wildman–Crippen MR) is 98.1 cm³/mol. The molecule has 3 aromatic rings. The third-order valence-electron chi connectivity index (χ3n) is 3.98. The van der Waals surface area contributed by atoms with E-state index in [4.69, 9.17) is 0 Å². The first-order valence-electron chi connectivity index (χ1n) is 8.23. The van der Waals surface area contributed by atoms with Crippen molar-refractivity contribution in [1.29, 1.82) is 0 Å². The number of phenols is 1. The van der Waals surface area contributed by atoms with Gasteiger partial charge in [0.1, 0.15) is 5.75 Å². The number of hydrogen-bond acceptors (Lipinski definition) is 3. The summed E-state index contributed by atoms with van der Waals surface area (Å²) in [5.41, 5.74) is 4.89. The fraction of sp³-hybridized carbons (Fsp3) is 0.200. The molecule has 2 aromatic carbocycles. The maximum atomic E-state index is 12.0. The molecule has 0 saturated carbocycles. The molecule has 0 bridgehead atoms. The molecule has 0 spiro atoms. The first-order valence-corrected chi connectivity index (χ1v) is 8.23. The minimum absolute atomic E-state index is 0.0479. The highest BCUT2D eigenvalue weighted by Gasteiger charge is 2.06. The summed E-state index contributed by atoms with van der Waals surface area (Å²) in [6, 6.07) is 16.6. The van der Waals surface area contributed by atoms with Crippen molar-refractivity contribution in [2.75, 3.05) is 5.32 Å². The van der Waals surface area contributed by atoms with Gasteiger partial charge in [-0.05, 0) is 68.3 Å². The summed E-state index contributed by atoms with van der Waals surface area (Å²) in [4.78, 5) is 12.0. The van der Waals surface area contributed by atoms with Crippen LogP contribution in [-0.4, -0.2) is 20.8 Å². The Bertz CT molecular complexity index is 865. The first-order chi connectivity index (χ1) is 12.0. The van der Waals surface area contributed by atoms with Crippen LogP contribution in [0.3, 0.4) is 0 Å². The Kier molecular flexibility index (Phi) is 4.84. The van der Waals surface area contributed by atoms with Gasteiger partial charge in [0.05, 0.1) is 11.4 Å². The van der Waals surface area contributed by atoms with Gasteiger partial charge in [-0.25, -0.2) is 4.68 Å². The molecule has 0 aliphatic heterocycles. The predicted octanol–water partition coefficient (Wildman–Crippen LogP) is 3.77. The van der Waals surface area contributed by atoms with E-state index < -0.39 is 0 Å². The second kappa shape index (κ2) is 7.21. The van der Waals surface area contributed by atoms with Crippen molar-refractivity contribution < 1.29 is 9.90 Å². The molecule has 1 aromatic heterocycles. The lowest BCUT2D eigenvalue weighted by molar-refractivity contribution is -0.116. The largest absolute Gasteiger partial charge is 0.508 e. The third-order valence-corrected chi connectivity index (χ3v) is 3.98. The van der Waals surface area contributed by atoms with Crippen LogP contribution in [0.4, 0.5) is 5.69 Å². The number of nitrogens with zero attached hydrogens (tertiary/aromatic N) is 2. The Hall–Kier alpha value is -3.08. The lowest BCUT2D eigenvalue weighted by Crippen LogP contribution is -2.12. The molecule has 0 saturated heterocycles. The Balaban J connectivity index is 1.57. The van der Waals surface area contributed by atoms with E-state index in [-0.39, 0.29) is 11.7 Å². The van der Waals surface area contributed by atoms with Crippen molar-refractivity contribution in [2.45, 2.75) is 26.7 Å². The number of benzene rings is 2. The van der Waals surface area contributed by atoms with Gasteiger partial charge in [-0.1, -0.05) is 12.1 Å². The molecule has 0 atom stereocenters. The highest BCUT2D eigenvalue weighted by atomic mass is 16.3. The highest BCUT2D eigenvalue weighted by molar-refractivity contribution is 5.90. The summed E-state index contributed by atoms with van der Waals surface area (Å²) in [6.45, 7) is 4.01. The zero-order valence-corrected chi connectivity index (χ0v) is 14.4. The van der Waals surface area contributed by atoms with E-state index in [9.17, 15) is 9.90 Å². The number of nitrogens with one attached hydrogen (secondary N) is 1. The van der Waals surface area contributed by atoms with Gasteiger partial charge in [0.2, 0.25) is 5.91 Å². The number of hydrogen-bond donors (Lipinski definition) is 2. The van der Waals surface area contributed by atoms with Crippen LogP contribution in [0.25, 0.3) is 5.69 Å². The van der Waals surface area contributed by atoms with Crippen LogP contribution in [0.15, 0.2) is 54.6 Å². The van der Waals surface area contributed by atoms with Gasteiger partial charge in [-0.3, -0.25) is 4.79 Å². The van der Waals surface area contributed by atoms with Gasteiger partial charge in [-0.2, -0.15) is 5.10 Å². The van der Waals surface area contributed by atoms with E-state index in [1.165, 1.54) is 0 Å². The molecule has 1 amide bonds. The Morgan fingerprint density at radius 1 is 1.08 bits per heavy atom. The summed E-state index contributed by atoms with van der Waals surface area (Å²) in [7, 11) is 0. The average molecular weight is 335 g/mol. The maximum Gasteiger partial charge on any atom is 0.224 e. The number of rotatable bonds is 5. The molecule has 0 aliphatic rings. The monoisotopic (exact) mass is 335 g/mol. The van der Waals surface area contributed by atoms with Gasteiger partial charge in [0.15, 0.2) is 0 Å². The minimum Gasteiger partial charge on any atom is -0.508 e. The molecule has 2 N–H and O–H groups in total. The van der Waals surface area contributed by atoms with E-state index in [1.54, 1.807) is 24.3 Å². The molecule has 0 radical (unpaired) electrons. The van der Waals surface area contributed by atoms with Crippen molar-refractivity contribution >= 4 is 11.6 Å². The van der Waals surface area contributed by atoms with Crippen LogP contribution in [0.2, 0.25) is 0 Å². The van der Waals surface area contributed by atoms with Gasteiger partial charge >= 0.3 is 0 Å². The van der Waals surface area contributed by atoms with E-state index in [0.717, 1.165) is 22.6 Å². The second-order valence-corrected chi connectivity index (χ2v) is 6.10. The normalized spacial score (nSPS) is 10.6. The van der Waals surface area contributed by atoms with E-state index in [1.807, 2.05) is 48.9 Å². The molecule has 128 valence electrons. The van der Waals surface area contributed by atoms with Crippen molar-refractivity contribution in [3.63, 3.8) is 0 Å². The van der Waals surface area contributed by atoms with Crippen LogP contribution in [-0.2, 0) is 11.2 Å². The molecular formula is C20H21N3O2. The lowest BCUT2D eigenvalue weighted by Gasteiger charge is -2.07. The molecule has 0 fully saturated rings. The van der Waals surface area contributed by atoms with Gasteiger partial charge in [0, 0.05) is 17.8 Å². The molecule has 0 aliphatic carbocycles. The molecular weight excluding hydrogens is 314 g/mol. The highest BCUT2D eigenvalue weighted by Crippen LogP contribution is 2.16. The Morgan fingerprint density at radius 3 is 2.36 bits per heavy atom. The molecule has 5 nitrogen and oxygen atoms in total. The number of aromatic hydroxyl groups is 1. The van der Waals surface area contributed by atoms with Crippen LogP contribution in [0, 0.1) is 13.8 Å². The number of carbonyl (C=O) groups excluding carboxylic acids is 1. The van der Waals surface area contributed by atoms with Gasteiger partial charge in [0.25, 0.3) is 0 Å². The number of amides is 1. The number of carbonyl (C=O) groups is 1. The SMILES string of the molecule is Cc1cc(C)n(-c2ccc(CCC(=O)Nc3ccc(O)cc3)cc2)n1. The first kappa shape index (κ1) is 16.8. The second-order valence-electron chi connectivity index (χ2n) is 6.10. The lowest BCUT2D eigenvalue weighted by atomic mass is 10.1. The fourth-order valence-electron chi connectivity index (χ4n) is 2.72. The standard InChI is InChI=1S/C20H21N3O2/c1-14-13-15(2)23(22-14)18-8-3-16(4-9-18)5-12-20(25)21-17-6-10-19(24)11-7-17/h3-4,6-11,13,24H,5,12H2,1-2H3,(H,21,25).